The van der Waals surface area contributed by atoms with Crippen LogP contribution in [0.5, 0.6) is 0 Å². The van der Waals surface area contributed by atoms with E-state index in [0.717, 1.165) is 13.0 Å². The van der Waals surface area contributed by atoms with Crippen molar-refractivity contribution in [2.45, 2.75) is 31.9 Å². The van der Waals surface area contributed by atoms with Crippen molar-refractivity contribution in [1.29, 1.82) is 0 Å². The monoisotopic (exact) mass is 217 g/mol. The number of ether oxygens (including phenoxy) is 1. The van der Waals surface area contributed by atoms with Crippen LogP contribution in [0.3, 0.4) is 0 Å². The smallest absolute Gasteiger partial charge is 0.0624 e. The van der Waals surface area contributed by atoms with Crippen molar-refractivity contribution in [3.63, 3.8) is 0 Å². The van der Waals surface area contributed by atoms with E-state index in [0.29, 0.717) is 13.2 Å². The fraction of sp³-hybridized carbons (Fsp3) is 1.00. The van der Waals surface area contributed by atoms with Crippen LogP contribution in [-0.4, -0.2) is 60.2 Å². The van der Waals surface area contributed by atoms with Crippen molar-refractivity contribution < 1.29 is 14.9 Å². The molecule has 0 spiro atoms. The first-order valence-electron chi connectivity index (χ1n) is 5.55. The first-order chi connectivity index (χ1) is 6.97. The molecule has 1 aliphatic rings. The molecular formula is C11H23NO3. The van der Waals surface area contributed by atoms with Gasteiger partial charge >= 0.3 is 0 Å². The summed E-state index contributed by atoms with van der Waals surface area (Å²) in [7, 11) is 1.97. The number of hydrogen-bond donors (Lipinski definition) is 2. The summed E-state index contributed by atoms with van der Waals surface area (Å²) in [6.45, 7) is 6.13. The van der Waals surface area contributed by atoms with Gasteiger partial charge in [-0.15, -0.1) is 0 Å². The zero-order valence-electron chi connectivity index (χ0n) is 9.94. The summed E-state index contributed by atoms with van der Waals surface area (Å²) in [6.07, 6.45) is 0.452. The lowest BCUT2D eigenvalue weighted by Crippen LogP contribution is -2.49. The summed E-state index contributed by atoms with van der Waals surface area (Å²) in [4.78, 5) is 2.08. The average Bonchev–Trinajstić information content (AvgIpc) is 2.21. The van der Waals surface area contributed by atoms with Gasteiger partial charge in [-0.3, -0.25) is 4.90 Å². The number of likely N-dealkylation sites (N-methyl/N-ethyl adjacent to an activating group) is 1. The molecule has 0 bridgehead atoms. The number of hydrogen-bond acceptors (Lipinski definition) is 4. The maximum atomic E-state index is 9.79. The first kappa shape index (κ1) is 12.9. The Hall–Kier alpha value is -0.160. The lowest BCUT2D eigenvalue weighted by atomic mass is 9.95. The molecule has 90 valence electrons. The van der Waals surface area contributed by atoms with E-state index in [1.165, 1.54) is 0 Å². The van der Waals surface area contributed by atoms with E-state index in [9.17, 15) is 10.2 Å². The second-order valence-corrected chi connectivity index (χ2v) is 5.04. The lowest BCUT2D eigenvalue weighted by molar-refractivity contribution is -0.0567. The number of aliphatic hydroxyl groups is 2. The zero-order chi connectivity index (χ0) is 11.5. The number of aliphatic hydroxyl groups excluding tert-OH is 2. The molecule has 0 aromatic rings. The van der Waals surface area contributed by atoms with Crippen molar-refractivity contribution in [3.05, 3.63) is 0 Å². The van der Waals surface area contributed by atoms with Gasteiger partial charge in [0.1, 0.15) is 0 Å². The van der Waals surface area contributed by atoms with Crippen LogP contribution in [0.4, 0.5) is 0 Å². The number of nitrogens with zero attached hydrogens (tertiary/aromatic N) is 1. The van der Waals surface area contributed by atoms with Crippen LogP contribution < -0.4 is 0 Å². The Morgan fingerprint density at radius 1 is 1.47 bits per heavy atom. The van der Waals surface area contributed by atoms with Gasteiger partial charge < -0.3 is 14.9 Å². The molecule has 4 nitrogen and oxygen atoms in total. The van der Waals surface area contributed by atoms with Crippen molar-refractivity contribution in [1.82, 2.24) is 4.90 Å². The molecule has 1 fully saturated rings. The molecule has 2 atom stereocenters. The van der Waals surface area contributed by atoms with Crippen LogP contribution in [0.25, 0.3) is 0 Å². The van der Waals surface area contributed by atoms with Gasteiger partial charge in [0.2, 0.25) is 0 Å². The highest BCUT2D eigenvalue weighted by Crippen LogP contribution is 2.19. The Kier molecular flexibility index (Phi) is 4.52. The van der Waals surface area contributed by atoms with Gasteiger partial charge in [0.25, 0.3) is 0 Å². The molecule has 0 aliphatic carbocycles. The predicted molar refractivity (Wildman–Crippen MR) is 58.7 cm³/mol. The standard InChI is InChI=1S/C11H23NO3/c1-11(2,8-13)12(3)6-9-7-15-5-4-10(9)14/h9-10,13-14H,4-8H2,1-3H3. The highest BCUT2D eigenvalue weighted by Gasteiger charge is 2.29. The molecule has 1 rings (SSSR count). The highest BCUT2D eigenvalue weighted by molar-refractivity contribution is 4.83. The van der Waals surface area contributed by atoms with E-state index < -0.39 is 0 Å². The van der Waals surface area contributed by atoms with Gasteiger partial charge in [-0.2, -0.15) is 0 Å². The van der Waals surface area contributed by atoms with Gasteiger partial charge in [-0.1, -0.05) is 0 Å². The molecule has 0 amide bonds. The Morgan fingerprint density at radius 3 is 2.67 bits per heavy atom. The SMILES string of the molecule is CN(CC1COCCC1O)C(C)(C)CO. The largest absolute Gasteiger partial charge is 0.394 e. The predicted octanol–water partition coefficient (Wildman–Crippen LogP) is 0.0865. The van der Waals surface area contributed by atoms with Crippen molar-refractivity contribution >= 4 is 0 Å². The Balaban J connectivity index is 2.45. The van der Waals surface area contributed by atoms with Crippen LogP contribution >= 0.6 is 0 Å². The summed E-state index contributed by atoms with van der Waals surface area (Å²) < 4.78 is 5.35. The van der Waals surface area contributed by atoms with Crippen LogP contribution in [0.2, 0.25) is 0 Å². The molecule has 1 aliphatic heterocycles. The lowest BCUT2D eigenvalue weighted by Gasteiger charge is -2.38. The molecule has 0 aromatic carbocycles. The van der Waals surface area contributed by atoms with E-state index in [2.05, 4.69) is 4.90 Å². The zero-order valence-corrected chi connectivity index (χ0v) is 9.94. The molecule has 0 radical (unpaired) electrons. The van der Waals surface area contributed by atoms with Crippen LogP contribution in [0.1, 0.15) is 20.3 Å². The van der Waals surface area contributed by atoms with Crippen LogP contribution in [0, 0.1) is 5.92 Å². The second-order valence-electron chi connectivity index (χ2n) is 5.04. The maximum absolute atomic E-state index is 9.79. The highest BCUT2D eigenvalue weighted by atomic mass is 16.5. The minimum atomic E-state index is -0.268. The quantitative estimate of drug-likeness (QED) is 0.700. The third-order valence-corrected chi connectivity index (χ3v) is 3.36. The molecule has 1 saturated heterocycles. The molecule has 15 heavy (non-hydrogen) atoms. The van der Waals surface area contributed by atoms with Crippen LogP contribution in [-0.2, 0) is 4.74 Å². The van der Waals surface area contributed by atoms with Gasteiger partial charge in [-0.25, -0.2) is 0 Å². The van der Waals surface area contributed by atoms with Crippen molar-refractivity contribution in [2.75, 3.05) is 33.4 Å². The second kappa shape index (κ2) is 5.25. The van der Waals surface area contributed by atoms with Crippen LogP contribution in [0.15, 0.2) is 0 Å². The Bertz CT molecular complexity index is 196. The molecule has 0 saturated carbocycles. The van der Waals surface area contributed by atoms with E-state index in [1.807, 2.05) is 20.9 Å². The first-order valence-corrected chi connectivity index (χ1v) is 5.55. The summed E-state index contributed by atoms with van der Waals surface area (Å²) in [5, 5.41) is 19.0. The van der Waals surface area contributed by atoms with E-state index in [1.54, 1.807) is 0 Å². The fourth-order valence-electron chi connectivity index (χ4n) is 1.68. The topological polar surface area (TPSA) is 52.9 Å². The van der Waals surface area contributed by atoms with Gasteiger partial charge in [0.05, 0.1) is 19.3 Å². The summed E-state index contributed by atoms with van der Waals surface area (Å²) in [5.41, 5.74) is -0.239. The number of rotatable bonds is 4. The van der Waals surface area contributed by atoms with Gasteiger partial charge in [0, 0.05) is 24.6 Å². The normalized spacial score (nSPS) is 28.4. The Labute approximate surface area is 91.8 Å². The molecule has 2 unspecified atom stereocenters. The average molecular weight is 217 g/mol. The minimum Gasteiger partial charge on any atom is -0.394 e. The summed E-state index contributed by atoms with van der Waals surface area (Å²) >= 11 is 0. The summed E-state index contributed by atoms with van der Waals surface area (Å²) in [5.74, 6) is 0.162. The molecular weight excluding hydrogens is 194 g/mol. The molecule has 4 heteroatoms. The van der Waals surface area contributed by atoms with E-state index in [-0.39, 0.29) is 24.2 Å². The van der Waals surface area contributed by atoms with Crippen molar-refractivity contribution in [2.24, 2.45) is 5.92 Å². The Morgan fingerprint density at radius 2 is 2.13 bits per heavy atom. The van der Waals surface area contributed by atoms with Gasteiger partial charge in [-0.05, 0) is 27.3 Å². The van der Waals surface area contributed by atoms with Gasteiger partial charge in [0.15, 0.2) is 0 Å². The minimum absolute atomic E-state index is 0.118. The molecule has 1 heterocycles. The fourth-order valence-corrected chi connectivity index (χ4v) is 1.68. The third kappa shape index (κ3) is 3.41. The summed E-state index contributed by atoms with van der Waals surface area (Å²) in [6, 6.07) is 0. The van der Waals surface area contributed by atoms with Crippen molar-refractivity contribution in [3.8, 4) is 0 Å². The maximum Gasteiger partial charge on any atom is 0.0624 e. The van der Waals surface area contributed by atoms with E-state index >= 15 is 0 Å². The molecule has 0 aromatic heterocycles. The molecule has 2 N–H and O–H groups in total. The third-order valence-electron chi connectivity index (χ3n) is 3.36. The van der Waals surface area contributed by atoms with E-state index in [4.69, 9.17) is 4.74 Å².